The molecular weight excluding hydrogens is 418 g/mol. The van der Waals surface area contributed by atoms with Crippen LogP contribution in [0.2, 0.25) is 0 Å². The molecule has 6 heteroatoms. The maximum Gasteiger partial charge on any atom is 0.191 e. The Balaban J connectivity index is 0.00000288. The van der Waals surface area contributed by atoms with E-state index in [9.17, 15) is 4.39 Å². The standard InChI is InChI=1S/C18H23FN4.HI/c1-2-20-18(23-14-11-16-8-5-6-12-21-16)22-13-10-15-7-3-4-9-17(15)19;/h3-9,12H,2,10-11,13-14H2,1H3,(H2,20,22,23);1H. The van der Waals surface area contributed by atoms with Gasteiger partial charge in [-0.1, -0.05) is 24.3 Å². The third-order valence-electron chi connectivity index (χ3n) is 3.35. The summed E-state index contributed by atoms with van der Waals surface area (Å²) < 4.78 is 13.6. The van der Waals surface area contributed by atoms with E-state index in [4.69, 9.17) is 0 Å². The van der Waals surface area contributed by atoms with Crippen LogP contribution in [0.5, 0.6) is 0 Å². The highest BCUT2D eigenvalue weighted by atomic mass is 127. The molecule has 0 aliphatic heterocycles. The number of halogens is 2. The normalized spacial score (nSPS) is 10.8. The Bertz CT molecular complexity index is 619. The van der Waals surface area contributed by atoms with Crippen molar-refractivity contribution in [3.8, 4) is 0 Å². The lowest BCUT2D eigenvalue weighted by atomic mass is 10.1. The molecule has 130 valence electrons. The average molecular weight is 442 g/mol. The molecule has 0 fully saturated rings. The zero-order valence-electron chi connectivity index (χ0n) is 13.8. The molecule has 2 N–H and O–H groups in total. The monoisotopic (exact) mass is 442 g/mol. The Morgan fingerprint density at radius 2 is 1.88 bits per heavy atom. The van der Waals surface area contributed by atoms with Crippen molar-refractivity contribution < 1.29 is 4.39 Å². The first-order chi connectivity index (χ1) is 11.3. The van der Waals surface area contributed by atoms with E-state index in [-0.39, 0.29) is 29.8 Å². The second kappa shape index (κ2) is 11.8. The highest BCUT2D eigenvalue weighted by Gasteiger charge is 2.02. The van der Waals surface area contributed by atoms with Crippen LogP contribution < -0.4 is 10.6 Å². The van der Waals surface area contributed by atoms with Gasteiger partial charge in [0.1, 0.15) is 5.82 Å². The largest absolute Gasteiger partial charge is 0.357 e. The molecule has 0 bridgehead atoms. The van der Waals surface area contributed by atoms with Gasteiger partial charge < -0.3 is 10.6 Å². The fraction of sp³-hybridized carbons (Fsp3) is 0.333. The number of pyridine rings is 1. The van der Waals surface area contributed by atoms with Crippen molar-refractivity contribution >= 4 is 29.9 Å². The zero-order valence-corrected chi connectivity index (χ0v) is 16.2. The fourth-order valence-electron chi connectivity index (χ4n) is 2.19. The van der Waals surface area contributed by atoms with Crippen LogP contribution in [0.15, 0.2) is 53.7 Å². The van der Waals surface area contributed by atoms with E-state index in [1.807, 2.05) is 37.3 Å². The maximum absolute atomic E-state index is 13.6. The Morgan fingerprint density at radius 1 is 1.08 bits per heavy atom. The van der Waals surface area contributed by atoms with Crippen LogP contribution in [0, 0.1) is 5.82 Å². The number of nitrogens with one attached hydrogen (secondary N) is 2. The van der Waals surface area contributed by atoms with Gasteiger partial charge in [0, 0.05) is 37.9 Å². The first-order valence-electron chi connectivity index (χ1n) is 7.95. The number of benzene rings is 1. The molecule has 1 heterocycles. The molecule has 0 spiro atoms. The second-order valence-corrected chi connectivity index (χ2v) is 5.10. The third kappa shape index (κ3) is 7.25. The first kappa shape index (κ1) is 20.3. The minimum absolute atomic E-state index is 0. The number of nitrogens with zero attached hydrogens (tertiary/aromatic N) is 2. The first-order valence-corrected chi connectivity index (χ1v) is 7.95. The molecule has 1 aromatic heterocycles. The topological polar surface area (TPSA) is 49.3 Å². The van der Waals surface area contributed by atoms with E-state index >= 15 is 0 Å². The highest BCUT2D eigenvalue weighted by molar-refractivity contribution is 14.0. The van der Waals surface area contributed by atoms with Gasteiger partial charge in [0.15, 0.2) is 5.96 Å². The van der Waals surface area contributed by atoms with Crippen LogP contribution in [0.4, 0.5) is 4.39 Å². The van der Waals surface area contributed by atoms with Crippen molar-refractivity contribution in [2.75, 3.05) is 19.6 Å². The fourth-order valence-corrected chi connectivity index (χ4v) is 2.19. The Hall–Kier alpha value is -1.70. The summed E-state index contributed by atoms with van der Waals surface area (Å²) in [6.45, 7) is 4.10. The molecular formula is C18H24FIN4. The molecule has 0 amide bonds. The molecule has 0 radical (unpaired) electrons. The summed E-state index contributed by atoms with van der Waals surface area (Å²) in [4.78, 5) is 8.80. The second-order valence-electron chi connectivity index (χ2n) is 5.10. The number of guanidine groups is 1. The predicted molar refractivity (Wildman–Crippen MR) is 107 cm³/mol. The molecule has 0 saturated heterocycles. The Morgan fingerprint density at radius 3 is 2.58 bits per heavy atom. The minimum Gasteiger partial charge on any atom is -0.357 e. The van der Waals surface area contributed by atoms with Gasteiger partial charge in [0.05, 0.1) is 0 Å². The number of hydrogen-bond donors (Lipinski definition) is 2. The van der Waals surface area contributed by atoms with E-state index in [1.54, 1.807) is 12.3 Å². The zero-order chi connectivity index (χ0) is 16.3. The molecule has 2 rings (SSSR count). The Kier molecular flexibility index (Phi) is 9.98. The molecule has 0 aliphatic carbocycles. The van der Waals surface area contributed by atoms with Crippen LogP contribution in [0.25, 0.3) is 0 Å². The number of aromatic nitrogens is 1. The molecule has 0 aliphatic rings. The molecule has 0 unspecified atom stereocenters. The molecule has 4 nitrogen and oxygen atoms in total. The summed E-state index contributed by atoms with van der Waals surface area (Å²) in [6, 6.07) is 12.7. The maximum atomic E-state index is 13.6. The highest BCUT2D eigenvalue weighted by Crippen LogP contribution is 2.06. The van der Waals surface area contributed by atoms with E-state index in [0.717, 1.165) is 24.6 Å². The molecule has 0 saturated carbocycles. The van der Waals surface area contributed by atoms with Crippen molar-refractivity contribution in [2.24, 2.45) is 4.99 Å². The van der Waals surface area contributed by atoms with Crippen molar-refractivity contribution in [3.63, 3.8) is 0 Å². The summed E-state index contributed by atoms with van der Waals surface area (Å²) in [5.41, 5.74) is 1.74. The van der Waals surface area contributed by atoms with Crippen LogP contribution in [0.1, 0.15) is 18.2 Å². The third-order valence-corrected chi connectivity index (χ3v) is 3.35. The van der Waals surface area contributed by atoms with Crippen LogP contribution in [0.3, 0.4) is 0 Å². The molecule has 24 heavy (non-hydrogen) atoms. The van der Waals surface area contributed by atoms with E-state index in [1.165, 1.54) is 6.07 Å². The summed E-state index contributed by atoms with van der Waals surface area (Å²) in [5, 5.41) is 6.43. The van der Waals surface area contributed by atoms with Gasteiger partial charge in [-0.25, -0.2) is 4.39 Å². The van der Waals surface area contributed by atoms with Crippen LogP contribution in [-0.2, 0) is 12.8 Å². The van der Waals surface area contributed by atoms with Crippen LogP contribution >= 0.6 is 24.0 Å². The van der Waals surface area contributed by atoms with E-state index in [0.29, 0.717) is 25.1 Å². The van der Waals surface area contributed by atoms with Gasteiger partial charge >= 0.3 is 0 Å². The SMILES string of the molecule is CCNC(=NCCc1ccccn1)NCCc1ccccc1F.I. The van der Waals surface area contributed by atoms with Gasteiger partial charge in [0.2, 0.25) is 0 Å². The lowest BCUT2D eigenvalue weighted by Crippen LogP contribution is -2.38. The quantitative estimate of drug-likeness (QED) is 0.394. The van der Waals surface area contributed by atoms with Gasteiger partial charge in [-0.05, 0) is 37.1 Å². The van der Waals surface area contributed by atoms with Gasteiger partial charge in [-0.3, -0.25) is 9.98 Å². The van der Waals surface area contributed by atoms with E-state index < -0.39 is 0 Å². The van der Waals surface area contributed by atoms with E-state index in [2.05, 4.69) is 20.6 Å². The summed E-state index contributed by atoms with van der Waals surface area (Å²) in [7, 11) is 0. The summed E-state index contributed by atoms with van der Waals surface area (Å²) in [5.74, 6) is 0.589. The number of rotatable bonds is 7. The summed E-state index contributed by atoms with van der Waals surface area (Å²) in [6.07, 6.45) is 3.21. The minimum atomic E-state index is -0.161. The lowest BCUT2D eigenvalue weighted by Gasteiger charge is -2.11. The molecule has 1 aromatic carbocycles. The van der Waals surface area contributed by atoms with Crippen molar-refractivity contribution in [1.29, 1.82) is 0 Å². The van der Waals surface area contributed by atoms with Crippen molar-refractivity contribution in [1.82, 2.24) is 15.6 Å². The summed E-state index contributed by atoms with van der Waals surface area (Å²) >= 11 is 0. The van der Waals surface area contributed by atoms with Crippen molar-refractivity contribution in [2.45, 2.75) is 19.8 Å². The Labute approximate surface area is 160 Å². The molecule has 0 atom stereocenters. The number of aliphatic imine (C=N–C) groups is 1. The van der Waals surface area contributed by atoms with Crippen LogP contribution in [-0.4, -0.2) is 30.6 Å². The number of hydrogen-bond acceptors (Lipinski definition) is 2. The smallest absolute Gasteiger partial charge is 0.191 e. The molecule has 2 aromatic rings. The van der Waals surface area contributed by atoms with Gasteiger partial charge in [-0.2, -0.15) is 0 Å². The average Bonchev–Trinajstić information content (AvgIpc) is 2.57. The lowest BCUT2D eigenvalue weighted by molar-refractivity contribution is 0.606. The van der Waals surface area contributed by atoms with Crippen molar-refractivity contribution in [3.05, 3.63) is 65.7 Å². The predicted octanol–water partition coefficient (Wildman–Crippen LogP) is 3.18. The van der Waals surface area contributed by atoms with Gasteiger partial charge in [0.25, 0.3) is 0 Å². The van der Waals surface area contributed by atoms with Gasteiger partial charge in [-0.15, -0.1) is 24.0 Å².